The summed E-state index contributed by atoms with van der Waals surface area (Å²) in [6.45, 7) is 1.34. The Labute approximate surface area is 127 Å². The lowest BCUT2D eigenvalue weighted by atomic mass is 9.96. The molecular weight excluding hydrogens is 276 g/mol. The number of fused-ring (bicyclic) bond motifs is 5. The van der Waals surface area contributed by atoms with Crippen LogP contribution in [0.2, 0.25) is 0 Å². The van der Waals surface area contributed by atoms with Gasteiger partial charge in [0.05, 0.1) is 0 Å². The molecule has 1 aliphatic rings. The first-order valence-corrected chi connectivity index (χ1v) is 7.30. The number of Topliss-reactive ketones (excluding diaryl/α,β-unsaturated/α-hetero) is 1. The minimum atomic E-state index is -0.676. The average Bonchev–Trinajstić information content (AvgIpc) is 2.83. The number of benzene rings is 3. The predicted molar refractivity (Wildman–Crippen MR) is 85.0 cm³/mol. The lowest BCUT2D eigenvalue weighted by Crippen LogP contribution is -2.22. The molecule has 0 fully saturated rings. The van der Waals surface area contributed by atoms with Crippen LogP contribution >= 0.6 is 0 Å². The van der Waals surface area contributed by atoms with Crippen LogP contribution in [0.1, 0.15) is 22.8 Å². The van der Waals surface area contributed by atoms with Crippen molar-refractivity contribution in [3.63, 3.8) is 0 Å². The first-order valence-electron chi connectivity index (χ1n) is 7.30. The van der Waals surface area contributed by atoms with Gasteiger partial charge >= 0.3 is 5.97 Å². The van der Waals surface area contributed by atoms with Crippen molar-refractivity contribution in [2.24, 2.45) is 0 Å². The molecule has 4 rings (SSSR count). The van der Waals surface area contributed by atoms with E-state index in [2.05, 4.69) is 24.3 Å². The molecule has 3 aromatic carbocycles. The largest absolute Gasteiger partial charge is 0.454 e. The zero-order valence-corrected chi connectivity index (χ0v) is 12.1. The molecule has 0 N–H and O–H groups in total. The molecule has 0 spiro atoms. The first kappa shape index (κ1) is 13.0. The van der Waals surface area contributed by atoms with E-state index in [1.807, 2.05) is 24.3 Å². The van der Waals surface area contributed by atoms with Gasteiger partial charge < -0.3 is 4.74 Å². The third-order valence-corrected chi connectivity index (χ3v) is 4.29. The molecule has 22 heavy (non-hydrogen) atoms. The van der Waals surface area contributed by atoms with Gasteiger partial charge in [0.15, 0.2) is 6.10 Å². The van der Waals surface area contributed by atoms with Crippen LogP contribution in [0.4, 0.5) is 0 Å². The highest BCUT2D eigenvalue weighted by Crippen LogP contribution is 2.34. The summed E-state index contributed by atoms with van der Waals surface area (Å²) < 4.78 is 5.15. The Morgan fingerprint density at radius 1 is 1.00 bits per heavy atom. The number of rotatable bonds is 1. The summed E-state index contributed by atoms with van der Waals surface area (Å²) in [5, 5.41) is 4.55. The number of carbonyl (C=O) groups is 2. The van der Waals surface area contributed by atoms with Gasteiger partial charge in [0.2, 0.25) is 5.78 Å². The minimum Gasteiger partial charge on any atom is -0.454 e. The normalized spacial score (nSPS) is 17.0. The molecule has 0 saturated carbocycles. The fourth-order valence-corrected chi connectivity index (χ4v) is 3.35. The van der Waals surface area contributed by atoms with Crippen LogP contribution in [0.25, 0.3) is 21.5 Å². The van der Waals surface area contributed by atoms with Crippen molar-refractivity contribution in [2.45, 2.75) is 19.4 Å². The number of carbonyl (C=O) groups excluding carboxylic acids is 2. The molecule has 3 aromatic rings. The van der Waals surface area contributed by atoms with Gasteiger partial charge in [-0.1, -0.05) is 48.5 Å². The molecule has 0 saturated heterocycles. The van der Waals surface area contributed by atoms with E-state index in [0.717, 1.165) is 16.3 Å². The van der Waals surface area contributed by atoms with Crippen molar-refractivity contribution in [1.29, 1.82) is 0 Å². The highest BCUT2D eigenvalue weighted by atomic mass is 16.5. The number of hydrogen-bond donors (Lipinski definition) is 0. The second kappa shape index (κ2) is 4.67. The molecule has 3 nitrogen and oxygen atoms in total. The number of hydrogen-bond acceptors (Lipinski definition) is 3. The first-order chi connectivity index (χ1) is 10.6. The molecule has 1 aliphatic carbocycles. The fourth-order valence-electron chi connectivity index (χ4n) is 3.35. The molecule has 0 radical (unpaired) electrons. The molecule has 0 amide bonds. The van der Waals surface area contributed by atoms with E-state index in [-0.39, 0.29) is 5.78 Å². The minimum absolute atomic E-state index is 0.0970. The second-order valence-electron chi connectivity index (χ2n) is 5.64. The Hall–Kier alpha value is -2.68. The van der Waals surface area contributed by atoms with Gasteiger partial charge in [0.25, 0.3) is 0 Å². The lowest BCUT2D eigenvalue weighted by molar-refractivity contribution is -0.143. The Balaban J connectivity index is 1.94. The van der Waals surface area contributed by atoms with Gasteiger partial charge in [-0.2, -0.15) is 0 Å². The van der Waals surface area contributed by atoms with Crippen molar-refractivity contribution >= 4 is 33.3 Å². The third-order valence-electron chi connectivity index (χ3n) is 4.29. The Morgan fingerprint density at radius 2 is 1.77 bits per heavy atom. The van der Waals surface area contributed by atoms with E-state index in [1.165, 1.54) is 17.7 Å². The molecule has 0 bridgehead atoms. The van der Waals surface area contributed by atoms with E-state index in [4.69, 9.17) is 4.74 Å². The summed E-state index contributed by atoms with van der Waals surface area (Å²) in [6, 6.07) is 16.2. The monoisotopic (exact) mass is 290 g/mol. The van der Waals surface area contributed by atoms with Gasteiger partial charge in [-0.05, 0) is 27.1 Å². The van der Waals surface area contributed by atoms with Crippen molar-refractivity contribution in [1.82, 2.24) is 0 Å². The summed E-state index contributed by atoms with van der Waals surface area (Å²) in [5.74, 6) is -0.513. The van der Waals surface area contributed by atoms with Crippen LogP contribution in [0, 0.1) is 0 Å². The SMILES string of the molecule is CC(=O)OC1Cc2c(ccc3c2ccc2ccccc23)C1=O. The second-order valence-corrected chi connectivity index (χ2v) is 5.64. The molecule has 1 unspecified atom stereocenters. The maximum absolute atomic E-state index is 12.4. The predicted octanol–water partition coefficient (Wildman–Crippen LogP) is 3.66. The topological polar surface area (TPSA) is 43.4 Å². The van der Waals surface area contributed by atoms with Crippen molar-refractivity contribution in [3.8, 4) is 0 Å². The summed E-state index contributed by atoms with van der Waals surface area (Å²) in [7, 11) is 0. The maximum Gasteiger partial charge on any atom is 0.303 e. The van der Waals surface area contributed by atoms with Gasteiger partial charge in [0.1, 0.15) is 0 Å². The Bertz CT molecular complexity index is 940. The molecule has 0 aliphatic heterocycles. The van der Waals surface area contributed by atoms with E-state index in [0.29, 0.717) is 12.0 Å². The summed E-state index contributed by atoms with van der Waals surface area (Å²) in [4.78, 5) is 23.5. The number of ether oxygens (including phenoxy) is 1. The molecule has 3 heteroatoms. The van der Waals surface area contributed by atoms with Crippen LogP contribution in [-0.2, 0) is 16.0 Å². The lowest BCUT2D eigenvalue weighted by Gasteiger charge is -2.08. The van der Waals surface area contributed by atoms with Crippen LogP contribution in [0.5, 0.6) is 0 Å². The molecule has 1 atom stereocenters. The van der Waals surface area contributed by atoms with E-state index >= 15 is 0 Å². The van der Waals surface area contributed by atoms with E-state index < -0.39 is 12.1 Å². The van der Waals surface area contributed by atoms with Crippen LogP contribution in [0.3, 0.4) is 0 Å². The maximum atomic E-state index is 12.4. The van der Waals surface area contributed by atoms with Gasteiger partial charge in [-0.3, -0.25) is 9.59 Å². The zero-order valence-electron chi connectivity index (χ0n) is 12.1. The third kappa shape index (κ3) is 1.82. The smallest absolute Gasteiger partial charge is 0.303 e. The summed E-state index contributed by atoms with van der Waals surface area (Å²) >= 11 is 0. The Morgan fingerprint density at radius 3 is 2.59 bits per heavy atom. The molecule has 0 heterocycles. The standard InChI is InChI=1S/C19H14O3/c1-11(20)22-18-10-17-15-7-6-12-4-2-3-5-13(12)14(15)8-9-16(17)19(18)21/h2-9,18H,10H2,1H3. The summed E-state index contributed by atoms with van der Waals surface area (Å²) in [5.41, 5.74) is 1.66. The van der Waals surface area contributed by atoms with E-state index in [9.17, 15) is 9.59 Å². The zero-order chi connectivity index (χ0) is 15.3. The molecule has 108 valence electrons. The van der Waals surface area contributed by atoms with Gasteiger partial charge in [-0.15, -0.1) is 0 Å². The number of ketones is 1. The van der Waals surface area contributed by atoms with Crippen LogP contribution in [0.15, 0.2) is 48.5 Å². The van der Waals surface area contributed by atoms with Crippen LogP contribution < -0.4 is 0 Å². The van der Waals surface area contributed by atoms with Gasteiger partial charge in [-0.25, -0.2) is 0 Å². The summed E-state index contributed by atoms with van der Waals surface area (Å²) in [6.07, 6.45) is -0.215. The molecular formula is C19H14O3. The fraction of sp³-hybridized carbons (Fsp3) is 0.158. The van der Waals surface area contributed by atoms with Crippen molar-refractivity contribution < 1.29 is 14.3 Å². The quantitative estimate of drug-likeness (QED) is 0.507. The van der Waals surface area contributed by atoms with Crippen molar-refractivity contribution in [3.05, 3.63) is 59.7 Å². The number of esters is 1. The van der Waals surface area contributed by atoms with E-state index in [1.54, 1.807) is 0 Å². The average molecular weight is 290 g/mol. The van der Waals surface area contributed by atoms with Crippen molar-refractivity contribution in [2.75, 3.05) is 0 Å². The Kier molecular flexibility index (Phi) is 2.76. The van der Waals surface area contributed by atoms with Crippen LogP contribution in [-0.4, -0.2) is 17.9 Å². The highest BCUT2D eigenvalue weighted by molar-refractivity contribution is 6.14. The highest BCUT2D eigenvalue weighted by Gasteiger charge is 2.34. The molecule has 0 aromatic heterocycles. The van der Waals surface area contributed by atoms with Gasteiger partial charge in [0, 0.05) is 18.9 Å².